The molecule has 3 aromatic carbocycles. The van der Waals surface area contributed by atoms with Crippen molar-refractivity contribution in [2.75, 3.05) is 41.3 Å². The predicted octanol–water partition coefficient (Wildman–Crippen LogP) is 4.59. The van der Waals surface area contributed by atoms with E-state index in [-0.39, 0.29) is 11.4 Å². The van der Waals surface area contributed by atoms with E-state index in [9.17, 15) is 13.2 Å². The number of nitrogens with zero attached hydrogens (tertiary/aromatic N) is 2. The molecular weight excluding hydrogens is 490 g/mol. The number of methoxy groups -OCH3 is 1. The van der Waals surface area contributed by atoms with Crippen molar-refractivity contribution < 1.29 is 22.7 Å². The van der Waals surface area contributed by atoms with E-state index in [0.717, 1.165) is 24.3 Å². The smallest absolute Gasteiger partial charge is 0.267 e. The number of sulfonamides is 1. The Bertz CT molecular complexity index is 1370. The van der Waals surface area contributed by atoms with Gasteiger partial charge in [0.2, 0.25) is 0 Å². The van der Waals surface area contributed by atoms with E-state index in [1.165, 1.54) is 42.8 Å². The van der Waals surface area contributed by atoms with Crippen molar-refractivity contribution in [2.24, 2.45) is 0 Å². The molecule has 0 radical (unpaired) electrons. The Morgan fingerprint density at radius 1 is 0.973 bits per heavy atom. The summed E-state index contributed by atoms with van der Waals surface area (Å²) in [7, 11) is -2.44. The van der Waals surface area contributed by atoms with Crippen LogP contribution in [-0.2, 0) is 14.8 Å². The SMILES string of the molecule is COc1ccc(S(=O)(=O)N2CC(C(=O)Nc3ccc(N4CCCCC4)cc3)Oc3ccc(C)cc32)cc1. The van der Waals surface area contributed by atoms with E-state index in [1.807, 2.05) is 37.3 Å². The minimum atomic E-state index is -3.96. The van der Waals surface area contributed by atoms with Gasteiger partial charge < -0.3 is 19.7 Å². The molecule has 2 aliphatic heterocycles. The minimum Gasteiger partial charge on any atom is -0.497 e. The van der Waals surface area contributed by atoms with Gasteiger partial charge >= 0.3 is 0 Å². The minimum absolute atomic E-state index is 0.107. The fourth-order valence-electron chi connectivity index (χ4n) is 4.73. The first-order valence-electron chi connectivity index (χ1n) is 12.4. The number of piperidine rings is 1. The fraction of sp³-hybridized carbons (Fsp3) is 0.321. The van der Waals surface area contributed by atoms with Crippen molar-refractivity contribution in [2.45, 2.75) is 37.2 Å². The van der Waals surface area contributed by atoms with Crippen LogP contribution in [0.15, 0.2) is 71.6 Å². The third-order valence-electron chi connectivity index (χ3n) is 6.78. The average molecular weight is 522 g/mol. The lowest BCUT2D eigenvalue weighted by Gasteiger charge is -2.35. The number of hydrogen-bond acceptors (Lipinski definition) is 6. The Balaban J connectivity index is 1.38. The number of hydrogen-bond donors (Lipinski definition) is 1. The van der Waals surface area contributed by atoms with Gasteiger partial charge in [0, 0.05) is 24.5 Å². The molecule has 0 spiro atoms. The first kappa shape index (κ1) is 25.0. The number of aryl methyl sites for hydroxylation is 1. The van der Waals surface area contributed by atoms with Gasteiger partial charge in [0.25, 0.3) is 15.9 Å². The van der Waals surface area contributed by atoms with Crippen LogP contribution in [0.1, 0.15) is 24.8 Å². The van der Waals surface area contributed by atoms with Gasteiger partial charge in [-0.05, 0) is 92.4 Å². The highest BCUT2D eigenvalue weighted by atomic mass is 32.2. The van der Waals surface area contributed by atoms with Gasteiger partial charge in [-0.1, -0.05) is 6.07 Å². The summed E-state index contributed by atoms with van der Waals surface area (Å²) in [5.74, 6) is 0.488. The van der Waals surface area contributed by atoms with Gasteiger partial charge in [0.15, 0.2) is 6.10 Å². The first-order valence-corrected chi connectivity index (χ1v) is 13.9. The monoisotopic (exact) mass is 521 g/mol. The van der Waals surface area contributed by atoms with Crippen molar-refractivity contribution in [3.63, 3.8) is 0 Å². The summed E-state index contributed by atoms with van der Waals surface area (Å²) in [6, 6.07) is 19.2. The lowest BCUT2D eigenvalue weighted by Crippen LogP contribution is -2.48. The van der Waals surface area contributed by atoms with E-state index in [1.54, 1.807) is 24.3 Å². The maximum absolute atomic E-state index is 13.7. The predicted molar refractivity (Wildman–Crippen MR) is 144 cm³/mol. The molecule has 1 unspecified atom stereocenters. The molecule has 1 saturated heterocycles. The number of fused-ring (bicyclic) bond motifs is 1. The summed E-state index contributed by atoms with van der Waals surface area (Å²) in [4.78, 5) is 15.7. The molecule has 0 bridgehead atoms. The molecule has 1 amide bonds. The Morgan fingerprint density at radius 3 is 2.35 bits per heavy atom. The zero-order valence-corrected chi connectivity index (χ0v) is 21.8. The average Bonchev–Trinajstić information content (AvgIpc) is 2.93. The van der Waals surface area contributed by atoms with Crippen LogP contribution in [0.3, 0.4) is 0 Å². The number of carbonyl (C=O) groups is 1. The summed E-state index contributed by atoms with van der Waals surface area (Å²) in [6.45, 7) is 3.81. The van der Waals surface area contributed by atoms with Crippen LogP contribution >= 0.6 is 0 Å². The molecule has 0 saturated carbocycles. The molecule has 9 heteroatoms. The zero-order valence-electron chi connectivity index (χ0n) is 21.0. The van der Waals surface area contributed by atoms with Crippen molar-refractivity contribution in [3.05, 3.63) is 72.3 Å². The van der Waals surface area contributed by atoms with Gasteiger partial charge in [0.05, 0.1) is 24.2 Å². The van der Waals surface area contributed by atoms with Crippen LogP contribution in [0.4, 0.5) is 17.1 Å². The fourth-order valence-corrected chi connectivity index (χ4v) is 6.20. The van der Waals surface area contributed by atoms with E-state index in [0.29, 0.717) is 22.9 Å². The first-order chi connectivity index (χ1) is 17.8. The number of nitrogens with one attached hydrogen (secondary N) is 1. The van der Waals surface area contributed by atoms with Gasteiger partial charge in [0.1, 0.15) is 11.5 Å². The summed E-state index contributed by atoms with van der Waals surface area (Å²) in [5, 5.41) is 2.89. The second kappa shape index (κ2) is 10.3. The van der Waals surface area contributed by atoms with Crippen molar-refractivity contribution >= 4 is 33.0 Å². The second-order valence-electron chi connectivity index (χ2n) is 9.37. The highest BCUT2D eigenvalue weighted by Gasteiger charge is 2.37. The molecule has 3 aromatic rings. The molecule has 0 aliphatic carbocycles. The van der Waals surface area contributed by atoms with E-state index < -0.39 is 22.0 Å². The molecule has 8 nitrogen and oxygen atoms in total. The highest BCUT2D eigenvalue weighted by molar-refractivity contribution is 7.92. The maximum Gasteiger partial charge on any atom is 0.267 e. The molecule has 37 heavy (non-hydrogen) atoms. The quantitative estimate of drug-likeness (QED) is 0.511. The molecule has 2 heterocycles. The second-order valence-corrected chi connectivity index (χ2v) is 11.2. The van der Waals surface area contributed by atoms with Crippen molar-refractivity contribution in [1.82, 2.24) is 0 Å². The lowest BCUT2D eigenvalue weighted by atomic mass is 10.1. The Hall–Kier alpha value is -3.72. The summed E-state index contributed by atoms with van der Waals surface area (Å²) < 4.78 is 39.7. The Morgan fingerprint density at radius 2 is 1.68 bits per heavy atom. The van der Waals surface area contributed by atoms with Crippen LogP contribution in [0.5, 0.6) is 11.5 Å². The number of anilines is 3. The van der Waals surface area contributed by atoms with Crippen LogP contribution in [0.2, 0.25) is 0 Å². The molecule has 1 N–H and O–H groups in total. The van der Waals surface area contributed by atoms with E-state index in [4.69, 9.17) is 9.47 Å². The Labute approximate surface area is 217 Å². The molecular formula is C28H31N3O5S. The molecule has 0 aromatic heterocycles. The van der Waals surface area contributed by atoms with Crippen LogP contribution in [0.25, 0.3) is 0 Å². The largest absolute Gasteiger partial charge is 0.497 e. The van der Waals surface area contributed by atoms with Crippen molar-refractivity contribution in [3.8, 4) is 11.5 Å². The number of rotatable bonds is 6. The molecule has 2 aliphatic rings. The highest BCUT2D eigenvalue weighted by Crippen LogP contribution is 2.38. The van der Waals surface area contributed by atoms with Crippen LogP contribution in [0, 0.1) is 6.92 Å². The standard InChI is InChI=1S/C28H31N3O5S/c1-20-6-15-26-25(18-20)31(37(33,34)24-13-11-23(35-2)12-14-24)19-27(36-26)28(32)29-21-7-9-22(10-8-21)30-16-4-3-5-17-30/h6-15,18,27H,3-5,16-17,19H2,1-2H3,(H,29,32). The topological polar surface area (TPSA) is 88.2 Å². The molecule has 1 atom stereocenters. The van der Waals surface area contributed by atoms with E-state index in [2.05, 4.69) is 10.2 Å². The van der Waals surface area contributed by atoms with E-state index >= 15 is 0 Å². The number of benzene rings is 3. The number of carbonyl (C=O) groups excluding carboxylic acids is 1. The summed E-state index contributed by atoms with van der Waals surface area (Å²) >= 11 is 0. The zero-order chi connectivity index (χ0) is 26.0. The summed E-state index contributed by atoms with van der Waals surface area (Å²) in [6.07, 6.45) is 2.62. The van der Waals surface area contributed by atoms with Gasteiger partial charge in [-0.25, -0.2) is 8.42 Å². The Kier molecular flexibility index (Phi) is 6.97. The maximum atomic E-state index is 13.7. The molecule has 1 fully saturated rings. The number of ether oxygens (including phenoxy) is 2. The van der Waals surface area contributed by atoms with Crippen LogP contribution < -0.4 is 24.0 Å². The van der Waals surface area contributed by atoms with Crippen molar-refractivity contribution in [1.29, 1.82) is 0 Å². The molecule has 194 valence electrons. The van der Waals surface area contributed by atoms with Gasteiger partial charge in [-0.3, -0.25) is 9.10 Å². The van der Waals surface area contributed by atoms with Gasteiger partial charge in [-0.15, -0.1) is 0 Å². The third-order valence-corrected chi connectivity index (χ3v) is 8.57. The third kappa shape index (κ3) is 5.22. The molecule has 5 rings (SSSR count). The summed E-state index contributed by atoms with van der Waals surface area (Å²) in [5.41, 5.74) is 3.06. The van der Waals surface area contributed by atoms with Gasteiger partial charge in [-0.2, -0.15) is 0 Å². The number of amides is 1. The lowest BCUT2D eigenvalue weighted by molar-refractivity contribution is -0.122. The normalized spacial score (nSPS) is 17.5. The van der Waals surface area contributed by atoms with Crippen LogP contribution in [-0.4, -0.2) is 47.2 Å².